The van der Waals surface area contributed by atoms with Crippen LogP contribution in [-0.4, -0.2) is 10.5 Å². The van der Waals surface area contributed by atoms with Crippen molar-refractivity contribution in [1.82, 2.24) is 0 Å². The minimum Gasteiger partial charge on any atom is -0.331 e. The summed E-state index contributed by atoms with van der Waals surface area (Å²) in [5.74, 6) is -0.137. The van der Waals surface area contributed by atoms with Gasteiger partial charge in [0.05, 0.1) is 11.9 Å². The molecule has 0 aliphatic carbocycles. The van der Waals surface area contributed by atoms with Crippen LogP contribution in [0, 0.1) is 6.26 Å². The van der Waals surface area contributed by atoms with Gasteiger partial charge >= 0.3 is 0 Å². The van der Waals surface area contributed by atoms with Crippen LogP contribution in [0.25, 0.3) is 0 Å². The number of nitrogens with zero attached hydrogens (tertiary/aromatic N) is 1. The van der Waals surface area contributed by atoms with Gasteiger partial charge in [0, 0.05) is 0 Å². The van der Waals surface area contributed by atoms with E-state index in [0.29, 0.717) is 12.1 Å². The Morgan fingerprint density at radius 3 is 2.10 bits per heavy atom. The molecule has 1 amide bonds. The van der Waals surface area contributed by atoms with Crippen molar-refractivity contribution in [3.63, 3.8) is 0 Å². The highest BCUT2D eigenvalue weighted by Crippen LogP contribution is 2.74. The molecule has 1 fully saturated rings. The van der Waals surface area contributed by atoms with Crippen molar-refractivity contribution < 1.29 is 9.35 Å². The average Bonchev–Trinajstić information content (AvgIpc) is 2.50. The van der Waals surface area contributed by atoms with E-state index in [2.05, 4.69) is 0 Å². The van der Waals surface area contributed by atoms with Crippen molar-refractivity contribution in [2.45, 2.75) is 18.1 Å². The molecule has 3 nitrogen and oxygen atoms in total. The first-order valence-electron chi connectivity index (χ1n) is 6.84. The summed E-state index contributed by atoms with van der Waals surface area (Å²) in [6.07, 6.45) is 6.73. The largest absolute Gasteiger partial charge is 0.331 e. The second-order valence-electron chi connectivity index (χ2n) is 5.07. The summed E-state index contributed by atoms with van der Waals surface area (Å²) in [7, 11) is -2.75. The lowest BCUT2D eigenvalue weighted by Gasteiger charge is -2.63. The van der Waals surface area contributed by atoms with Crippen molar-refractivity contribution in [3.8, 4) is 0 Å². The molecule has 0 spiro atoms. The van der Waals surface area contributed by atoms with E-state index in [-0.39, 0.29) is 5.91 Å². The molecule has 1 heterocycles. The Balaban J connectivity index is 2.09. The van der Waals surface area contributed by atoms with E-state index >= 15 is 0 Å². The number of para-hydroxylation sites is 1. The topological polar surface area (TPSA) is 40.5 Å². The standard InChI is InChI=1S/C17H17NO2S/c1-3-17(14-10-6-4-7-11-14)16(19)18(21(17,2)20)15-12-8-5-9-13-15/h2,4-13,20H,3H2,1H3/t17-/m1/s1. The maximum atomic E-state index is 12.8. The van der Waals surface area contributed by atoms with Gasteiger partial charge in [-0.3, -0.25) is 4.79 Å². The summed E-state index contributed by atoms with van der Waals surface area (Å²) in [5.41, 5.74) is 1.42. The lowest BCUT2D eigenvalue weighted by molar-refractivity contribution is -0.122. The number of hydrogen-bond donors (Lipinski definition) is 1. The molecule has 1 aliphatic heterocycles. The van der Waals surface area contributed by atoms with Gasteiger partial charge in [-0.1, -0.05) is 55.5 Å². The first-order valence-corrected chi connectivity index (χ1v) is 8.45. The Hall–Kier alpha value is -1.78. The SMILES string of the molecule is [CH]S1(O)N(c2ccccc2)C(=O)[C@@]1(CC)c1ccccc1. The van der Waals surface area contributed by atoms with Crippen molar-refractivity contribution >= 4 is 22.1 Å². The predicted molar refractivity (Wildman–Crippen MR) is 86.9 cm³/mol. The Bertz CT molecular complexity index is 657. The first-order chi connectivity index (χ1) is 10.1. The summed E-state index contributed by atoms with van der Waals surface area (Å²) < 4.78 is 11.3. The van der Waals surface area contributed by atoms with Gasteiger partial charge in [-0.2, -0.15) is 0 Å². The predicted octanol–water partition coefficient (Wildman–Crippen LogP) is 4.20. The summed E-state index contributed by atoms with van der Waals surface area (Å²) in [5, 5.41) is 0. The van der Waals surface area contributed by atoms with Crippen LogP contribution in [-0.2, 0) is 9.54 Å². The van der Waals surface area contributed by atoms with Crippen LogP contribution < -0.4 is 4.31 Å². The highest BCUT2D eigenvalue weighted by Gasteiger charge is 2.66. The quantitative estimate of drug-likeness (QED) is 0.922. The van der Waals surface area contributed by atoms with Crippen molar-refractivity contribution in [3.05, 3.63) is 72.5 Å². The molecule has 1 N–H and O–H groups in total. The van der Waals surface area contributed by atoms with Gasteiger partial charge in [-0.05, 0) is 34.6 Å². The van der Waals surface area contributed by atoms with Crippen LogP contribution in [0.5, 0.6) is 0 Å². The molecule has 0 aromatic heterocycles. The molecule has 2 atom stereocenters. The number of benzene rings is 2. The number of carbonyl (C=O) groups excluding carboxylic acids is 1. The third-order valence-corrected chi connectivity index (χ3v) is 6.71. The Kier molecular flexibility index (Phi) is 3.30. The molecule has 1 aliphatic rings. The summed E-state index contributed by atoms with van der Waals surface area (Å²) >= 11 is 0. The van der Waals surface area contributed by atoms with Crippen molar-refractivity contribution in [2.75, 3.05) is 4.31 Å². The first kappa shape index (κ1) is 14.2. The fraction of sp³-hybridized carbons (Fsp3) is 0.176. The molecule has 0 bridgehead atoms. The molecule has 2 radical (unpaired) electrons. The van der Waals surface area contributed by atoms with E-state index in [1.165, 1.54) is 4.31 Å². The van der Waals surface area contributed by atoms with Crippen LogP contribution >= 0.6 is 10.5 Å². The van der Waals surface area contributed by atoms with Gasteiger partial charge in [-0.15, -0.1) is 0 Å². The molecule has 2 aromatic carbocycles. The Labute approximate surface area is 126 Å². The van der Waals surface area contributed by atoms with Crippen LogP contribution in [0.3, 0.4) is 0 Å². The molecule has 3 rings (SSSR count). The monoisotopic (exact) mass is 299 g/mol. The highest BCUT2D eigenvalue weighted by molar-refractivity contribution is 8.35. The van der Waals surface area contributed by atoms with Crippen molar-refractivity contribution in [2.24, 2.45) is 0 Å². The number of anilines is 1. The van der Waals surface area contributed by atoms with Gasteiger partial charge in [0.2, 0.25) is 0 Å². The number of hydrogen-bond acceptors (Lipinski definition) is 2. The molecule has 4 heteroatoms. The van der Waals surface area contributed by atoms with E-state index in [1.54, 1.807) is 12.1 Å². The zero-order valence-corrected chi connectivity index (χ0v) is 12.6. The highest BCUT2D eigenvalue weighted by atomic mass is 32.3. The van der Waals surface area contributed by atoms with Gasteiger partial charge in [0.1, 0.15) is 4.75 Å². The fourth-order valence-corrected chi connectivity index (χ4v) is 5.24. The van der Waals surface area contributed by atoms with Crippen LogP contribution in [0.4, 0.5) is 5.69 Å². The second-order valence-corrected chi connectivity index (χ2v) is 7.32. The second kappa shape index (κ2) is 4.90. The van der Waals surface area contributed by atoms with Gasteiger partial charge in [0.25, 0.3) is 5.91 Å². The molecule has 1 saturated heterocycles. The van der Waals surface area contributed by atoms with Crippen LogP contribution in [0.15, 0.2) is 60.7 Å². The third kappa shape index (κ3) is 1.76. The molecule has 0 saturated carbocycles. The number of carbonyl (C=O) groups is 1. The van der Waals surface area contributed by atoms with E-state index < -0.39 is 15.2 Å². The summed E-state index contributed by atoms with van der Waals surface area (Å²) in [6.45, 7) is 1.89. The van der Waals surface area contributed by atoms with Crippen LogP contribution in [0.2, 0.25) is 0 Å². The smallest absolute Gasteiger partial charge is 0.260 e. The van der Waals surface area contributed by atoms with Gasteiger partial charge in [-0.25, -0.2) is 4.31 Å². The lowest BCUT2D eigenvalue weighted by Crippen LogP contribution is -2.63. The normalized spacial score (nSPS) is 31.4. The number of amides is 1. The van der Waals surface area contributed by atoms with E-state index in [4.69, 9.17) is 6.26 Å². The summed E-state index contributed by atoms with van der Waals surface area (Å²) in [6, 6.07) is 18.4. The third-order valence-electron chi connectivity index (χ3n) is 4.05. The van der Waals surface area contributed by atoms with Gasteiger partial charge in [0.15, 0.2) is 0 Å². The maximum absolute atomic E-state index is 12.8. The van der Waals surface area contributed by atoms with Crippen molar-refractivity contribution in [1.29, 1.82) is 0 Å². The molecular formula is C17H17NO2S. The summed E-state index contributed by atoms with van der Waals surface area (Å²) in [4.78, 5) is 12.8. The number of rotatable bonds is 3. The minimum absolute atomic E-state index is 0.137. The average molecular weight is 299 g/mol. The van der Waals surface area contributed by atoms with E-state index in [1.807, 2.05) is 55.5 Å². The van der Waals surface area contributed by atoms with Crippen LogP contribution in [0.1, 0.15) is 18.9 Å². The molecular weight excluding hydrogens is 282 g/mol. The Morgan fingerprint density at radius 1 is 1.10 bits per heavy atom. The molecule has 1 unspecified atom stereocenters. The zero-order chi connectivity index (χ0) is 15.1. The molecule has 21 heavy (non-hydrogen) atoms. The lowest BCUT2D eigenvalue weighted by atomic mass is 9.93. The maximum Gasteiger partial charge on any atom is 0.260 e. The van der Waals surface area contributed by atoms with E-state index in [0.717, 1.165) is 5.56 Å². The Morgan fingerprint density at radius 2 is 1.62 bits per heavy atom. The van der Waals surface area contributed by atoms with Gasteiger partial charge < -0.3 is 4.55 Å². The fourth-order valence-electron chi connectivity index (χ4n) is 2.95. The minimum atomic E-state index is -2.75. The van der Waals surface area contributed by atoms with E-state index in [9.17, 15) is 9.35 Å². The zero-order valence-electron chi connectivity index (χ0n) is 11.8. The molecule has 2 aromatic rings. The molecule has 108 valence electrons.